The molecule has 0 saturated carbocycles. The molecular formula is C21H29O5P. The van der Waals surface area contributed by atoms with E-state index < -0.39 is 7.82 Å². The number of para-hydroxylation sites is 2. The molecule has 0 heterocycles. The molecule has 0 atom stereocenters. The lowest BCUT2D eigenvalue weighted by Crippen LogP contribution is -2.06. The van der Waals surface area contributed by atoms with Crippen LogP contribution in [0.5, 0.6) is 11.5 Å². The van der Waals surface area contributed by atoms with Crippen LogP contribution in [0.15, 0.2) is 60.7 Å². The first-order chi connectivity index (χ1) is 13.2. The molecule has 0 aliphatic rings. The van der Waals surface area contributed by atoms with Gasteiger partial charge in [-0.1, -0.05) is 81.8 Å². The van der Waals surface area contributed by atoms with Crippen LogP contribution in [0, 0.1) is 0 Å². The molecule has 6 heteroatoms. The Balaban J connectivity index is 1.80. The molecule has 0 aliphatic heterocycles. The number of unbranched alkanes of at least 4 members (excludes halogenated alkanes) is 6. The standard InChI is InChI=1S/C21H29O5P/c1-2-3-4-5-6-7-14-19-23-26-27(22,24-20-15-10-8-11-16-20)25-21-17-12-9-13-18-21/h8-13,15-18H,2-7,14,19H2,1H3. The zero-order valence-electron chi connectivity index (χ0n) is 15.9. The van der Waals surface area contributed by atoms with E-state index in [2.05, 4.69) is 6.92 Å². The quantitative estimate of drug-likeness (QED) is 0.151. The van der Waals surface area contributed by atoms with E-state index in [1.807, 2.05) is 12.1 Å². The van der Waals surface area contributed by atoms with Crippen molar-refractivity contribution in [2.24, 2.45) is 0 Å². The number of phosphoric acid groups is 1. The van der Waals surface area contributed by atoms with Crippen LogP contribution >= 0.6 is 7.82 Å². The largest absolute Gasteiger partial charge is 0.615 e. The van der Waals surface area contributed by atoms with E-state index in [0.29, 0.717) is 18.1 Å². The smallest absolute Gasteiger partial charge is 0.394 e. The normalized spacial score (nSPS) is 11.3. The fourth-order valence-corrected chi connectivity index (χ4v) is 3.55. The van der Waals surface area contributed by atoms with Crippen molar-refractivity contribution in [2.75, 3.05) is 6.61 Å². The second kappa shape index (κ2) is 12.6. The van der Waals surface area contributed by atoms with Gasteiger partial charge in [0.05, 0.1) is 6.61 Å². The summed E-state index contributed by atoms with van der Waals surface area (Å²) >= 11 is 0. The van der Waals surface area contributed by atoms with Gasteiger partial charge in [-0.3, -0.25) is 0 Å². The highest BCUT2D eigenvalue weighted by Gasteiger charge is 2.32. The second-order valence-corrected chi connectivity index (χ2v) is 7.68. The topological polar surface area (TPSA) is 54.0 Å². The number of hydrogen-bond donors (Lipinski definition) is 0. The maximum absolute atomic E-state index is 13.0. The number of benzene rings is 2. The van der Waals surface area contributed by atoms with Crippen LogP contribution in [0.1, 0.15) is 51.9 Å². The third-order valence-electron chi connectivity index (χ3n) is 3.90. The molecule has 5 nitrogen and oxygen atoms in total. The van der Waals surface area contributed by atoms with E-state index in [-0.39, 0.29) is 0 Å². The zero-order valence-corrected chi connectivity index (χ0v) is 16.8. The second-order valence-electron chi connectivity index (χ2n) is 6.27. The fourth-order valence-electron chi connectivity index (χ4n) is 2.49. The van der Waals surface area contributed by atoms with E-state index in [4.69, 9.17) is 18.6 Å². The Morgan fingerprint density at radius 3 is 1.70 bits per heavy atom. The average molecular weight is 392 g/mol. The number of rotatable bonds is 14. The lowest BCUT2D eigenvalue weighted by Gasteiger charge is -2.17. The highest BCUT2D eigenvalue weighted by atomic mass is 31.2. The highest BCUT2D eigenvalue weighted by Crippen LogP contribution is 2.49. The van der Waals surface area contributed by atoms with Gasteiger partial charge in [0.15, 0.2) is 0 Å². The van der Waals surface area contributed by atoms with Crippen molar-refractivity contribution >= 4 is 7.82 Å². The van der Waals surface area contributed by atoms with Gasteiger partial charge in [0, 0.05) is 0 Å². The summed E-state index contributed by atoms with van der Waals surface area (Å²) in [4.78, 5) is 5.16. The molecule has 0 saturated heterocycles. The van der Waals surface area contributed by atoms with Crippen LogP contribution < -0.4 is 9.05 Å². The predicted octanol–water partition coefficient (Wildman–Crippen LogP) is 6.95. The summed E-state index contributed by atoms with van der Waals surface area (Å²) < 4.78 is 29.0. The molecule has 0 unspecified atom stereocenters. The first-order valence-electron chi connectivity index (χ1n) is 9.62. The molecule has 0 amide bonds. The van der Waals surface area contributed by atoms with Gasteiger partial charge in [-0.25, -0.2) is 9.45 Å². The summed E-state index contributed by atoms with van der Waals surface area (Å²) in [5, 5.41) is 0. The van der Waals surface area contributed by atoms with Crippen LogP contribution in [0.2, 0.25) is 0 Å². The van der Waals surface area contributed by atoms with E-state index in [0.717, 1.165) is 12.8 Å². The van der Waals surface area contributed by atoms with Crippen molar-refractivity contribution in [1.29, 1.82) is 0 Å². The average Bonchev–Trinajstić information content (AvgIpc) is 2.68. The van der Waals surface area contributed by atoms with Crippen LogP contribution in [-0.4, -0.2) is 6.61 Å². The first-order valence-corrected chi connectivity index (χ1v) is 11.1. The van der Waals surface area contributed by atoms with Gasteiger partial charge in [0.2, 0.25) is 0 Å². The summed E-state index contributed by atoms with van der Waals surface area (Å²) in [6.07, 6.45) is 8.10. The maximum Gasteiger partial charge on any atom is 0.615 e. The van der Waals surface area contributed by atoms with Gasteiger partial charge in [-0.2, -0.15) is 0 Å². The van der Waals surface area contributed by atoms with Gasteiger partial charge < -0.3 is 9.05 Å². The van der Waals surface area contributed by atoms with Crippen LogP contribution in [0.25, 0.3) is 0 Å². The summed E-state index contributed by atoms with van der Waals surface area (Å²) in [5.41, 5.74) is 0. The Bertz CT molecular complexity index is 617. The molecular weight excluding hydrogens is 363 g/mol. The van der Waals surface area contributed by atoms with Gasteiger partial charge in [-0.15, -0.1) is 4.67 Å². The van der Waals surface area contributed by atoms with E-state index in [1.165, 1.54) is 32.1 Å². The van der Waals surface area contributed by atoms with Crippen LogP contribution in [0.3, 0.4) is 0 Å². The van der Waals surface area contributed by atoms with Crippen LogP contribution in [-0.2, 0) is 14.1 Å². The van der Waals surface area contributed by atoms with Crippen molar-refractivity contribution < 1.29 is 23.2 Å². The Morgan fingerprint density at radius 1 is 0.704 bits per heavy atom. The molecule has 0 spiro atoms. The Morgan fingerprint density at radius 2 is 1.19 bits per heavy atom. The minimum Gasteiger partial charge on any atom is -0.394 e. The minimum atomic E-state index is -3.96. The molecule has 27 heavy (non-hydrogen) atoms. The summed E-state index contributed by atoms with van der Waals surface area (Å²) in [7, 11) is -3.96. The minimum absolute atomic E-state index is 0.341. The first kappa shape index (κ1) is 21.5. The maximum atomic E-state index is 13.0. The van der Waals surface area contributed by atoms with E-state index in [9.17, 15) is 4.57 Å². The van der Waals surface area contributed by atoms with E-state index >= 15 is 0 Å². The number of phosphoric ester groups is 1. The Hall–Kier alpha value is -1.81. The van der Waals surface area contributed by atoms with Gasteiger partial charge in [0.25, 0.3) is 0 Å². The molecule has 2 aromatic rings. The summed E-state index contributed by atoms with van der Waals surface area (Å²) in [5.74, 6) is 0.771. The lowest BCUT2D eigenvalue weighted by molar-refractivity contribution is -0.220. The molecule has 0 bridgehead atoms. The molecule has 0 N–H and O–H groups in total. The van der Waals surface area contributed by atoms with Crippen molar-refractivity contribution in [3.05, 3.63) is 60.7 Å². The highest BCUT2D eigenvalue weighted by molar-refractivity contribution is 7.49. The van der Waals surface area contributed by atoms with Crippen molar-refractivity contribution in [2.45, 2.75) is 51.9 Å². The molecule has 0 fully saturated rings. The number of hydrogen-bond acceptors (Lipinski definition) is 5. The van der Waals surface area contributed by atoms with Crippen molar-refractivity contribution in [3.63, 3.8) is 0 Å². The van der Waals surface area contributed by atoms with Crippen molar-refractivity contribution in [3.8, 4) is 11.5 Å². The van der Waals surface area contributed by atoms with Gasteiger partial charge in [-0.05, 0) is 30.7 Å². The summed E-state index contributed by atoms with van der Waals surface area (Å²) in [6.45, 7) is 2.55. The molecule has 2 rings (SSSR count). The van der Waals surface area contributed by atoms with Gasteiger partial charge >= 0.3 is 7.82 Å². The molecule has 0 aromatic heterocycles. The van der Waals surface area contributed by atoms with E-state index in [1.54, 1.807) is 48.5 Å². The zero-order chi connectivity index (χ0) is 19.2. The van der Waals surface area contributed by atoms with Crippen LogP contribution in [0.4, 0.5) is 0 Å². The Kier molecular flexibility index (Phi) is 9.99. The SMILES string of the molecule is CCCCCCCCCOOP(=O)(Oc1ccccc1)Oc1ccccc1. The predicted molar refractivity (Wildman–Crippen MR) is 107 cm³/mol. The molecule has 2 aromatic carbocycles. The van der Waals surface area contributed by atoms with Gasteiger partial charge in [0.1, 0.15) is 11.5 Å². The summed E-state index contributed by atoms with van der Waals surface area (Å²) in [6, 6.07) is 17.5. The molecule has 0 aliphatic carbocycles. The Labute approximate surface area is 162 Å². The molecule has 148 valence electrons. The van der Waals surface area contributed by atoms with Crippen molar-refractivity contribution in [1.82, 2.24) is 0 Å². The fraction of sp³-hybridized carbons (Fsp3) is 0.429. The third-order valence-corrected chi connectivity index (χ3v) is 5.05. The lowest BCUT2D eigenvalue weighted by atomic mass is 10.1. The molecule has 0 radical (unpaired) electrons. The monoisotopic (exact) mass is 392 g/mol. The third kappa shape index (κ3) is 9.09.